The fourth-order valence-corrected chi connectivity index (χ4v) is 2.76. The van der Waals surface area contributed by atoms with Crippen molar-refractivity contribution in [3.8, 4) is 5.69 Å². The van der Waals surface area contributed by atoms with Crippen molar-refractivity contribution in [1.29, 1.82) is 0 Å². The zero-order chi connectivity index (χ0) is 16.1. The van der Waals surface area contributed by atoms with Crippen LogP contribution in [0.4, 0.5) is 0 Å². The number of aryl methyl sites for hydroxylation is 1. The van der Waals surface area contributed by atoms with Crippen LogP contribution in [0.3, 0.4) is 0 Å². The van der Waals surface area contributed by atoms with Crippen molar-refractivity contribution in [1.82, 2.24) is 14.9 Å². The van der Waals surface area contributed by atoms with Crippen molar-refractivity contribution in [2.45, 2.75) is 26.6 Å². The Kier molecular flexibility index (Phi) is 4.86. The molecule has 0 atom stereocenters. The number of nitrogens with one attached hydrogen (secondary N) is 1. The molecule has 3 aromatic rings. The Balaban J connectivity index is 1.72. The zero-order valence-corrected chi connectivity index (χ0v) is 13.2. The summed E-state index contributed by atoms with van der Waals surface area (Å²) in [5.41, 5.74) is 4.33. The smallest absolute Gasteiger partial charge is 0.110 e. The fourth-order valence-electron chi connectivity index (χ4n) is 2.76. The number of benzene rings is 2. The van der Waals surface area contributed by atoms with Crippen LogP contribution < -0.4 is 5.32 Å². The molecule has 1 aromatic heterocycles. The average Bonchev–Trinajstić information content (AvgIpc) is 2.97. The highest BCUT2D eigenvalue weighted by molar-refractivity contribution is 5.35. The standard InChI is InChI=1S/C19H21N3O/c1-15-21-13-19(22(15)18-9-3-2-4-10-18)12-20-11-16-7-5-6-8-17(16)14-23/h2-10,13,20,23H,11-12,14H2,1H3. The minimum atomic E-state index is 0.0684. The van der Waals surface area contributed by atoms with Gasteiger partial charge in [0.15, 0.2) is 0 Å². The van der Waals surface area contributed by atoms with E-state index < -0.39 is 0 Å². The highest BCUT2D eigenvalue weighted by Gasteiger charge is 2.08. The van der Waals surface area contributed by atoms with E-state index >= 15 is 0 Å². The molecule has 0 amide bonds. The molecule has 0 unspecified atom stereocenters. The predicted molar refractivity (Wildman–Crippen MR) is 91.2 cm³/mol. The zero-order valence-electron chi connectivity index (χ0n) is 13.2. The molecule has 0 saturated carbocycles. The summed E-state index contributed by atoms with van der Waals surface area (Å²) in [5, 5.41) is 12.8. The molecule has 0 bridgehead atoms. The van der Waals surface area contributed by atoms with E-state index in [0.717, 1.165) is 41.4 Å². The van der Waals surface area contributed by atoms with Crippen LogP contribution in [-0.2, 0) is 19.7 Å². The second-order valence-electron chi connectivity index (χ2n) is 5.50. The molecule has 0 aliphatic rings. The molecule has 0 aliphatic heterocycles. The van der Waals surface area contributed by atoms with Gasteiger partial charge in [0.2, 0.25) is 0 Å². The first-order valence-corrected chi connectivity index (χ1v) is 7.76. The van der Waals surface area contributed by atoms with E-state index in [1.165, 1.54) is 0 Å². The molecule has 0 radical (unpaired) electrons. The van der Waals surface area contributed by atoms with Crippen LogP contribution in [0.5, 0.6) is 0 Å². The van der Waals surface area contributed by atoms with Gasteiger partial charge in [0, 0.05) is 18.8 Å². The maximum Gasteiger partial charge on any atom is 0.110 e. The Bertz CT molecular complexity index is 765. The van der Waals surface area contributed by atoms with E-state index in [-0.39, 0.29) is 6.61 Å². The Labute approximate surface area is 136 Å². The average molecular weight is 307 g/mol. The molecule has 2 aromatic carbocycles. The fraction of sp³-hybridized carbons (Fsp3) is 0.211. The molecule has 2 N–H and O–H groups in total. The van der Waals surface area contributed by atoms with Crippen LogP contribution in [0.25, 0.3) is 5.69 Å². The summed E-state index contributed by atoms with van der Waals surface area (Å²) in [4.78, 5) is 4.44. The highest BCUT2D eigenvalue weighted by Crippen LogP contribution is 2.15. The number of aliphatic hydroxyl groups is 1. The molecule has 0 fully saturated rings. The minimum Gasteiger partial charge on any atom is -0.392 e. The van der Waals surface area contributed by atoms with Crippen molar-refractivity contribution in [3.63, 3.8) is 0 Å². The van der Waals surface area contributed by atoms with Crippen molar-refractivity contribution >= 4 is 0 Å². The third kappa shape index (κ3) is 3.50. The second kappa shape index (κ2) is 7.22. The lowest BCUT2D eigenvalue weighted by atomic mass is 10.1. The van der Waals surface area contributed by atoms with Crippen molar-refractivity contribution < 1.29 is 5.11 Å². The molecule has 0 spiro atoms. The number of aromatic nitrogens is 2. The Morgan fingerprint density at radius 1 is 0.957 bits per heavy atom. The van der Waals surface area contributed by atoms with Gasteiger partial charge in [0.25, 0.3) is 0 Å². The molecule has 1 heterocycles. The van der Waals surface area contributed by atoms with E-state index in [1.807, 2.05) is 55.6 Å². The molecular weight excluding hydrogens is 286 g/mol. The molecule has 23 heavy (non-hydrogen) atoms. The van der Waals surface area contributed by atoms with Crippen LogP contribution in [-0.4, -0.2) is 14.7 Å². The van der Waals surface area contributed by atoms with E-state index in [0.29, 0.717) is 0 Å². The third-order valence-electron chi connectivity index (χ3n) is 3.94. The molecule has 3 rings (SSSR count). The highest BCUT2D eigenvalue weighted by atomic mass is 16.3. The van der Waals surface area contributed by atoms with Gasteiger partial charge in [-0.2, -0.15) is 0 Å². The van der Waals surface area contributed by atoms with Gasteiger partial charge >= 0.3 is 0 Å². The van der Waals surface area contributed by atoms with Crippen molar-refractivity contribution in [2.75, 3.05) is 0 Å². The minimum absolute atomic E-state index is 0.0684. The van der Waals surface area contributed by atoms with Crippen molar-refractivity contribution in [2.24, 2.45) is 0 Å². The SMILES string of the molecule is Cc1ncc(CNCc2ccccc2CO)n1-c1ccccc1. The third-order valence-corrected chi connectivity index (χ3v) is 3.94. The summed E-state index contributed by atoms with van der Waals surface area (Å²) in [5.74, 6) is 0.976. The number of imidazole rings is 1. The lowest BCUT2D eigenvalue weighted by Crippen LogP contribution is -2.16. The predicted octanol–water partition coefficient (Wildman–Crippen LogP) is 2.96. The first-order valence-electron chi connectivity index (χ1n) is 7.76. The maximum atomic E-state index is 9.39. The number of nitrogens with zero attached hydrogens (tertiary/aromatic N) is 2. The van der Waals surface area contributed by atoms with Gasteiger partial charge in [-0.25, -0.2) is 4.98 Å². The Morgan fingerprint density at radius 2 is 1.65 bits per heavy atom. The normalized spacial score (nSPS) is 10.9. The molecule has 4 nitrogen and oxygen atoms in total. The van der Waals surface area contributed by atoms with Crippen LogP contribution in [0, 0.1) is 6.92 Å². The lowest BCUT2D eigenvalue weighted by Gasteiger charge is -2.12. The number of rotatable bonds is 6. The van der Waals surface area contributed by atoms with Gasteiger partial charge in [-0.1, -0.05) is 42.5 Å². The molecule has 0 saturated heterocycles. The van der Waals surface area contributed by atoms with Gasteiger partial charge in [-0.15, -0.1) is 0 Å². The summed E-state index contributed by atoms with van der Waals surface area (Å²) >= 11 is 0. The largest absolute Gasteiger partial charge is 0.392 e. The quantitative estimate of drug-likeness (QED) is 0.736. The van der Waals surface area contributed by atoms with Crippen LogP contribution in [0.1, 0.15) is 22.6 Å². The number of para-hydroxylation sites is 1. The van der Waals surface area contributed by atoms with Gasteiger partial charge in [-0.3, -0.25) is 4.57 Å². The topological polar surface area (TPSA) is 50.1 Å². The number of hydrogen-bond donors (Lipinski definition) is 2. The summed E-state index contributed by atoms with van der Waals surface area (Å²) in [6.45, 7) is 3.52. The number of hydrogen-bond acceptors (Lipinski definition) is 3. The van der Waals surface area contributed by atoms with Gasteiger partial charge < -0.3 is 10.4 Å². The monoisotopic (exact) mass is 307 g/mol. The van der Waals surface area contributed by atoms with E-state index in [9.17, 15) is 5.11 Å². The van der Waals surface area contributed by atoms with Crippen LogP contribution >= 0.6 is 0 Å². The Morgan fingerprint density at radius 3 is 2.39 bits per heavy atom. The van der Waals surface area contributed by atoms with E-state index in [4.69, 9.17) is 0 Å². The summed E-state index contributed by atoms with van der Waals surface area (Å²) < 4.78 is 2.16. The lowest BCUT2D eigenvalue weighted by molar-refractivity contribution is 0.280. The maximum absolute atomic E-state index is 9.39. The van der Waals surface area contributed by atoms with Gasteiger partial charge in [0.1, 0.15) is 5.82 Å². The second-order valence-corrected chi connectivity index (χ2v) is 5.50. The summed E-state index contributed by atoms with van der Waals surface area (Å²) in [7, 11) is 0. The molecule has 118 valence electrons. The Hall–Kier alpha value is -2.43. The molecule has 4 heteroatoms. The summed E-state index contributed by atoms with van der Waals surface area (Å²) in [6, 6.07) is 18.2. The van der Waals surface area contributed by atoms with E-state index in [1.54, 1.807) is 0 Å². The van der Waals surface area contributed by atoms with Crippen LogP contribution in [0.15, 0.2) is 60.8 Å². The van der Waals surface area contributed by atoms with Gasteiger partial charge in [-0.05, 0) is 30.2 Å². The summed E-state index contributed by atoms with van der Waals surface area (Å²) in [6.07, 6.45) is 1.91. The van der Waals surface area contributed by atoms with Crippen LogP contribution in [0.2, 0.25) is 0 Å². The van der Waals surface area contributed by atoms with Gasteiger partial charge in [0.05, 0.1) is 18.5 Å². The number of aliphatic hydroxyl groups excluding tert-OH is 1. The van der Waals surface area contributed by atoms with E-state index in [2.05, 4.69) is 27.0 Å². The van der Waals surface area contributed by atoms with Crippen molar-refractivity contribution in [3.05, 3.63) is 83.4 Å². The first kappa shape index (κ1) is 15.5. The molecular formula is C19H21N3O. The molecule has 0 aliphatic carbocycles. The first-order chi connectivity index (χ1) is 11.3.